The Balaban J connectivity index is 0.000000289. The standard InChI is InChI=1S/C29H30F7N3O3.C23H17F7N4O/c1-6-18-13-21(27(30,28(31,32)33)29(34,35)36)11-17(2)22(18)14-24(40)20-7-9-23(39-16-37-15-38-39)19(12-20)8-10-25(41)42-26(3,4)5;1-3-14-8-17(21(24,22(25,26)27)23(28,29)30)6-13(2)18(14)9-20(35)15-4-5-19(16(7-15)10-31)34-12-32-11-33-34/h7,9,11-13,15-16H,6,8,10,14H2,1-5H3;4-8,11-12H,3,9H2,1-2H3. The minimum atomic E-state index is -6.25. The van der Waals surface area contributed by atoms with Crippen LogP contribution < -0.4 is 0 Å². The highest BCUT2D eigenvalue weighted by molar-refractivity contribution is 5.99. The molecule has 0 aliphatic carbocycles. The van der Waals surface area contributed by atoms with Crippen molar-refractivity contribution in [3.05, 3.63) is 153 Å². The van der Waals surface area contributed by atoms with Crippen LogP contribution in [0.5, 0.6) is 0 Å². The number of halogens is 14. The average Bonchev–Trinajstić information content (AvgIpc) is 4.08. The summed E-state index contributed by atoms with van der Waals surface area (Å²) in [6.45, 7) is 10.6. The largest absolute Gasteiger partial charge is 0.460 e. The van der Waals surface area contributed by atoms with Crippen molar-refractivity contribution in [3.8, 4) is 17.4 Å². The lowest BCUT2D eigenvalue weighted by atomic mass is 9.86. The molecular weight excluding hydrogens is 1050 g/mol. The highest BCUT2D eigenvalue weighted by atomic mass is 19.4. The van der Waals surface area contributed by atoms with Crippen LogP contribution in [0.2, 0.25) is 0 Å². The summed E-state index contributed by atoms with van der Waals surface area (Å²) in [4.78, 5) is 46.3. The Labute approximate surface area is 430 Å². The summed E-state index contributed by atoms with van der Waals surface area (Å²) in [5.74, 6) is -1.48. The number of aryl methyl sites for hydroxylation is 5. The fourth-order valence-corrected chi connectivity index (χ4v) is 8.29. The number of ether oxygens (including phenoxy) is 1. The number of ketones is 2. The van der Waals surface area contributed by atoms with Gasteiger partial charge in [0.15, 0.2) is 11.6 Å². The molecule has 0 aliphatic rings. The zero-order valence-electron chi connectivity index (χ0n) is 41.9. The second kappa shape index (κ2) is 22.6. The second-order valence-electron chi connectivity index (χ2n) is 18.5. The number of hydrogen-bond acceptors (Lipinski definition) is 9. The Kier molecular flexibility index (Phi) is 17.7. The number of carbonyl (C=O) groups is 3. The molecule has 412 valence electrons. The lowest BCUT2D eigenvalue weighted by Gasteiger charge is -2.31. The summed E-state index contributed by atoms with van der Waals surface area (Å²) in [6.07, 6.45) is -20.3. The summed E-state index contributed by atoms with van der Waals surface area (Å²) in [5.41, 5.74) is -13.0. The van der Waals surface area contributed by atoms with Gasteiger partial charge in [0, 0.05) is 41.5 Å². The lowest BCUT2D eigenvalue weighted by molar-refractivity contribution is -0.349. The molecular formula is C52H47F14N7O4. The minimum Gasteiger partial charge on any atom is -0.460 e. The van der Waals surface area contributed by atoms with Crippen molar-refractivity contribution in [1.82, 2.24) is 29.5 Å². The minimum absolute atomic E-state index is 0.0133. The van der Waals surface area contributed by atoms with Crippen LogP contribution in [0.15, 0.2) is 86.0 Å². The van der Waals surface area contributed by atoms with Crippen molar-refractivity contribution in [3.63, 3.8) is 0 Å². The third-order valence-electron chi connectivity index (χ3n) is 12.1. The molecule has 2 aromatic heterocycles. The van der Waals surface area contributed by atoms with E-state index in [4.69, 9.17) is 4.74 Å². The van der Waals surface area contributed by atoms with E-state index < -0.39 is 70.3 Å². The molecule has 6 rings (SSSR count). The SMILES string of the molecule is CCc1cc(C(F)(C(F)(F)F)C(F)(F)F)cc(C)c1CC(=O)c1ccc(-n2cncn2)c(C#N)c1.CCc1cc(C(F)(C(F)(F)F)C(F)(F)F)cc(C)c1CC(=O)c1ccc(-n2cncn2)c(CCC(=O)OC(C)(C)C)c1. The van der Waals surface area contributed by atoms with Crippen LogP contribution in [0, 0.1) is 25.2 Å². The summed E-state index contributed by atoms with van der Waals surface area (Å²) >= 11 is 0. The number of nitrogens with zero attached hydrogens (tertiary/aromatic N) is 7. The van der Waals surface area contributed by atoms with Crippen LogP contribution in [0.4, 0.5) is 61.5 Å². The van der Waals surface area contributed by atoms with Gasteiger partial charge in [-0.2, -0.15) is 68.1 Å². The molecule has 6 aromatic rings. The van der Waals surface area contributed by atoms with E-state index >= 15 is 0 Å². The number of hydrogen-bond donors (Lipinski definition) is 0. The van der Waals surface area contributed by atoms with Gasteiger partial charge in [-0.25, -0.2) is 28.1 Å². The number of carbonyl (C=O) groups excluding carboxylic acids is 3. The molecule has 0 unspecified atom stereocenters. The van der Waals surface area contributed by atoms with Crippen LogP contribution in [0.25, 0.3) is 11.4 Å². The van der Waals surface area contributed by atoms with E-state index in [-0.39, 0.29) is 88.6 Å². The number of aromatic nitrogens is 6. The fourth-order valence-electron chi connectivity index (χ4n) is 8.29. The number of nitriles is 1. The maximum Gasteiger partial charge on any atom is 0.435 e. The first-order chi connectivity index (χ1) is 35.5. The predicted octanol–water partition coefficient (Wildman–Crippen LogP) is 12.9. The molecule has 0 bridgehead atoms. The lowest BCUT2D eigenvalue weighted by Crippen LogP contribution is -2.50. The van der Waals surface area contributed by atoms with Gasteiger partial charge < -0.3 is 4.74 Å². The van der Waals surface area contributed by atoms with Gasteiger partial charge in [-0.15, -0.1) is 0 Å². The summed E-state index contributed by atoms with van der Waals surface area (Å²) in [7, 11) is 0. The van der Waals surface area contributed by atoms with E-state index in [1.807, 2.05) is 6.07 Å². The molecule has 0 amide bonds. The van der Waals surface area contributed by atoms with E-state index in [2.05, 4.69) is 20.2 Å². The Morgan fingerprint density at radius 1 is 0.571 bits per heavy atom. The zero-order valence-corrected chi connectivity index (χ0v) is 41.9. The first kappa shape index (κ1) is 60.3. The van der Waals surface area contributed by atoms with Crippen LogP contribution in [-0.2, 0) is 53.0 Å². The van der Waals surface area contributed by atoms with Crippen LogP contribution >= 0.6 is 0 Å². The molecule has 0 N–H and O–H groups in total. The number of rotatable bonds is 15. The zero-order chi connectivity index (χ0) is 57.9. The van der Waals surface area contributed by atoms with E-state index in [0.717, 1.165) is 0 Å². The van der Waals surface area contributed by atoms with Gasteiger partial charge in [-0.1, -0.05) is 38.1 Å². The molecule has 11 nitrogen and oxygen atoms in total. The van der Waals surface area contributed by atoms with Gasteiger partial charge in [0.05, 0.1) is 16.9 Å². The highest BCUT2D eigenvalue weighted by Crippen LogP contribution is 2.55. The van der Waals surface area contributed by atoms with Crippen molar-refractivity contribution >= 4 is 17.5 Å². The number of Topliss-reactive ketones (excluding diaryl/α,β-unsaturated/α-hetero) is 2. The van der Waals surface area contributed by atoms with Gasteiger partial charge in [0.2, 0.25) is 0 Å². The summed E-state index contributed by atoms with van der Waals surface area (Å²) < 4.78 is 197. The van der Waals surface area contributed by atoms with Crippen LogP contribution in [-0.4, -0.2) is 77.4 Å². The summed E-state index contributed by atoms with van der Waals surface area (Å²) in [6, 6.07) is 12.7. The maximum absolute atomic E-state index is 14.8. The average molecular weight is 1100 g/mol. The fraction of sp³-hybridized carbons (Fsp3) is 0.385. The van der Waals surface area contributed by atoms with E-state index in [0.29, 0.717) is 41.2 Å². The molecule has 0 radical (unpaired) electrons. The first-order valence-corrected chi connectivity index (χ1v) is 23.1. The molecule has 0 spiro atoms. The van der Waals surface area contributed by atoms with Gasteiger partial charge in [0.1, 0.15) is 37.0 Å². The molecule has 77 heavy (non-hydrogen) atoms. The smallest absolute Gasteiger partial charge is 0.435 e. The molecule has 0 saturated carbocycles. The summed E-state index contributed by atoms with van der Waals surface area (Å²) in [5, 5.41) is 17.4. The Bertz CT molecular complexity index is 3120. The molecule has 4 aromatic carbocycles. The number of benzene rings is 4. The Morgan fingerprint density at radius 2 is 0.974 bits per heavy atom. The topological polar surface area (TPSA) is 146 Å². The van der Waals surface area contributed by atoms with Crippen molar-refractivity contribution in [1.29, 1.82) is 5.26 Å². The van der Waals surface area contributed by atoms with Crippen molar-refractivity contribution in [2.24, 2.45) is 0 Å². The van der Waals surface area contributed by atoms with Crippen molar-refractivity contribution in [2.45, 2.75) is 129 Å². The quantitative estimate of drug-likeness (QED) is 0.0557. The normalized spacial score (nSPS) is 12.7. The highest BCUT2D eigenvalue weighted by Gasteiger charge is 2.74. The van der Waals surface area contributed by atoms with Crippen LogP contribution in [0.3, 0.4) is 0 Å². The molecule has 0 fully saturated rings. The molecule has 0 atom stereocenters. The van der Waals surface area contributed by atoms with Gasteiger partial charge >= 0.3 is 42.0 Å². The maximum atomic E-state index is 14.8. The van der Waals surface area contributed by atoms with E-state index in [1.54, 1.807) is 32.9 Å². The van der Waals surface area contributed by atoms with Gasteiger partial charge in [-0.3, -0.25) is 14.4 Å². The van der Waals surface area contributed by atoms with Gasteiger partial charge in [0.25, 0.3) is 0 Å². The number of esters is 1. The van der Waals surface area contributed by atoms with Crippen molar-refractivity contribution in [2.75, 3.05) is 0 Å². The molecule has 0 saturated heterocycles. The van der Waals surface area contributed by atoms with Gasteiger partial charge in [-0.05, 0) is 129 Å². The Hall–Kier alpha value is -7.52. The third kappa shape index (κ3) is 13.0. The Morgan fingerprint density at radius 3 is 1.34 bits per heavy atom. The third-order valence-corrected chi connectivity index (χ3v) is 12.1. The van der Waals surface area contributed by atoms with Crippen LogP contribution in [0.1, 0.15) is 117 Å². The number of alkyl halides is 14. The van der Waals surface area contributed by atoms with Crippen molar-refractivity contribution < 1.29 is 80.6 Å². The molecule has 25 heteroatoms. The van der Waals surface area contributed by atoms with E-state index in [1.165, 1.54) is 86.6 Å². The molecule has 2 heterocycles. The molecule has 0 aliphatic heterocycles. The monoisotopic (exact) mass is 1100 g/mol. The second-order valence-corrected chi connectivity index (χ2v) is 18.5. The first-order valence-electron chi connectivity index (χ1n) is 23.1. The predicted molar refractivity (Wildman–Crippen MR) is 249 cm³/mol. The van der Waals surface area contributed by atoms with E-state index in [9.17, 15) is 81.1 Å².